The molecule has 30 heavy (non-hydrogen) atoms. The Hall–Kier alpha value is -2.10. The van der Waals surface area contributed by atoms with Crippen molar-refractivity contribution in [3.8, 4) is 0 Å². The maximum Gasteiger partial charge on any atom is 0.223 e. The number of hydrogen-bond donors (Lipinski definition) is 2. The van der Waals surface area contributed by atoms with Crippen molar-refractivity contribution in [3.05, 3.63) is 41.2 Å². The maximum absolute atomic E-state index is 12.5. The van der Waals surface area contributed by atoms with Crippen molar-refractivity contribution in [2.24, 2.45) is 29.6 Å². The number of aryl methyl sites for hydroxylation is 1. The molecular formula is C26H39N3O. The smallest absolute Gasteiger partial charge is 0.223 e. The molecular weight excluding hydrogens is 370 g/mol. The Balaban J connectivity index is 1.72. The number of imidazole rings is 1. The summed E-state index contributed by atoms with van der Waals surface area (Å²) in [6.07, 6.45) is 6.36. The second kappa shape index (κ2) is 9.80. The largest absolute Gasteiger partial charge is 0.355 e. The van der Waals surface area contributed by atoms with Crippen LogP contribution in [0.4, 0.5) is 0 Å². The number of amides is 1. The van der Waals surface area contributed by atoms with E-state index in [1.165, 1.54) is 11.1 Å². The van der Waals surface area contributed by atoms with Crippen molar-refractivity contribution in [1.82, 2.24) is 15.3 Å². The van der Waals surface area contributed by atoms with E-state index in [2.05, 4.69) is 76.1 Å². The first-order chi connectivity index (χ1) is 14.3. The second-order valence-corrected chi connectivity index (χ2v) is 9.53. The van der Waals surface area contributed by atoms with Crippen LogP contribution in [0.3, 0.4) is 0 Å². The fourth-order valence-corrected chi connectivity index (χ4v) is 5.09. The Morgan fingerprint density at radius 3 is 2.60 bits per heavy atom. The highest BCUT2D eigenvalue weighted by molar-refractivity contribution is 5.79. The van der Waals surface area contributed by atoms with Gasteiger partial charge in [-0.3, -0.25) is 4.79 Å². The topological polar surface area (TPSA) is 57.8 Å². The van der Waals surface area contributed by atoms with Crippen LogP contribution in [-0.4, -0.2) is 22.4 Å². The van der Waals surface area contributed by atoms with E-state index in [1.807, 2.05) is 0 Å². The minimum absolute atomic E-state index is 0.139. The van der Waals surface area contributed by atoms with Gasteiger partial charge in [0, 0.05) is 18.9 Å². The van der Waals surface area contributed by atoms with Gasteiger partial charge in [0.25, 0.3) is 0 Å². The predicted molar refractivity (Wildman–Crippen MR) is 125 cm³/mol. The number of para-hydroxylation sites is 1. The van der Waals surface area contributed by atoms with Gasteiger partial charge < -0.3 is 10.3 Å². The van der Waals surface area contributed by atoms with Gasteiger partial charge in [0.1, 0.15) is 5.82 Å². The molecule has 0 spiro atoms. The molecule has 0 aliphatic heterocycles. The molecule has 2 N–H and O–H groups in total. The Bertz CT molecular complexity index is 891. The first-order valence-electron chi connectivity index (χ1n) is 11.7. The molecule has 4 nitrogen and oxygen atoms in total. The van der Waals surface area contributed by atoms with E-state index in [0.29, 0.717) is 23.7 Å². The molecule has 4 heteroatoms. The summed E-state index contributed by atoms with van der Waals surface area (Å²) in [6.45, 7) is 14.0. The Morgan fingerprint density at radius 1 is 1.23 bits per heavy atom. The van der Waals surface area contributed by atoms with Crippen molar-refractivity contribution in [2.75, 3.05) is 6.54 Å². The number of carbonyl (C=O) groups excluding carboxylic acids is 1. The molecule has 1 aliphatic rings. The summed E-state index contributed by atoms with van der Waals surface area (Å²) < 4.78 is 0. The monoisotopic (exact) mass is 409 g/mol. The van der Waals surface area contributed by atoms with E-state index >= 15 is 0 Å². The molecule has 0 bridgehead atoms. The Morgan fingerprint density at radius 2 is 1.97 bits per heavy atom. The Kier molecular flexibility index (Phi) is 7.38. The normalized spacial score (nSPS) is 22.0. The average Bonchev–Trinajstić information content (AvgIpc) is 3.12. The van der Waals surface area contributed by atoms with Gasteiger partial charge in [0.2, 0.25) is 5.91 Å². The van der Waals surface area contributed by atoms with Crippen molar-refractivity contribution >= 4 is 16.9 Å². The molecule has 1 aromatic heterocycles. The van der Waals surface area contributed by atoms with E-state index < -0.39 is 0 Å². The van der Waals surface area contributed by atoms with Crippen LogP contribution in [0.2, 0.25) is 0 Å². The number of rotatable bonds is 8. The summed E-state index contributed by atoms with van der Waals surface area (Å²) in [7, 11) is 0. The second-order valence-electron chi connectivity index (χ2n) is 9.53. The van der Waals surface area contributed by atoms with Gasteiger partial charge >= 0.3 is 0 Å². The zero-order valence-electron chi connectivity index (χ0n) is 19.6. The molecule has 0 unspecified atom stereocenters. The lowest BCUT2D eigenvalue weighted by molar-refractivity contribution is -0.125. The highest BCUT2D eigenvalue weighted by Gasteiger charge is 2.32. The molecule has 1 aliphatic carbocycles. The number of aromatic amines is 1. The number of H-pyrrole nitrogens is 1. The molecule has 3 rings (SSSR count). The molecule has 2 aromatic rings. The van der Waals surface area contributed by atoms with Crippen LogP contribution in [0.25, 0.3) is 11.0 Å². The molecule has 0 saturated carbocycles. The summed E-state index contributed by atoms with van der Waals surface area (Å²) in [4.78, 5) is 20.9. The number of nitrogens with zero attached hydrogens (tertiary/aromatic N) is 1. The summed E-state index contributed by atoms with van der Waals surface area (Å²) >= 11 is 0. The average molecular weight is 410 g/mol. The van der Waals surface area contributed by atoms with Gasteiger partial charge in [0.05, 0.1) is 11.0 Å². The summed E-state index contributed by atoms with van der Waals surface area (Å²) in [5.41, 5.74) is 4.88. The first-order valence-corrected chi connectivity index (χ1v) is 11.7. The van der Waals surface area contributed by atoms with Crippen molar-refractivity contribution in [2.45, 2.75) is 67.2 Å². The number of nitrogens with one attached hydrogen (secondary N) is 2. The fourth-order valence-electron chi connectivity index (χ4n) is 5.09. The lowest BCUT2D eigenvalue weighted by Gasteiger charge is -2.37. The molecule has 0 radical (unpaired) electrons. The van der Waals surface area contributed by atoms with Gasteiger partial charge in [-0.2, -0.15) is 0 Å². The molecule has 1 aromatic carbocycles. The minimum Gasteiger partial charge on any atom is -0.355 e. The molecule has 1 heterocycles. The Labute approximate surface area is 181 Å². The SMILES string of the molecule is CCC(CC)C(=O)NC[C@@H]1C=C(C)[C@H](Cc2nc3c(C)cccc3[nH]2)C[C@H]1C(C)C. The third-order valence-electron chi connectivity index (χ3n) is 7.16. The number of aromatic nitrogens is 2. The van der Waals surface area contributed by atoms with Crippen molar-refractivity contribution in [1.29, 1.82) is 0 Å². The number of allylic oxidation sites excluding steroid dienone is 1. The van der Waals surface area contributed by atoms with Gasteiger partial charge in [-0.15, -0.1) is 0 Å². The standard InChI is InChI=1S/C26H39N3O/c1-7-19(8-2)26(30)27-15-21-12-18(6)20(13-22(21)16(3)4)14-24-28-23-11-9-10-17(5)25(23)29-24/h9-12,16,19-22H,7-8,13-15H2,1-6H3,(H,27,30)(H,28,29)/t20-,21-,22-/m0/s1. The predicted octanol–water partition coefficient (Wildman–Crippen LogP) is 5.82. The van der Waals surface area contributed by atoms with Crippen LogP contribution in [0.15, 0.2) is 29.8 Å². The van der Waals surface area contributed by atoms with Crippen LogP contribution in [0, 0.1) is 36.5 Å². The number of benzene rings is 1. The van der Waals surface area contributed by atoms with Crippen LogP contribution in [0.5, 0.6) is 0 Å². The molecule has 164 valence electrons. The van der Waals surface area contributed by atoms with Gasteiger partial charge in [-0.05, 0) is 68.4 Å². The maximum atomic E-state index is 12.5. The summed E-state index contributed by atoms with van der Waals surface area (Å²) in [5, 5.41) is 3.25. The van der Waals surface area contributed by atoms with Gasteiger partial charge in [-0.25, -0.2) is 4.98 Å². The molecule has 1 amide bonds. The molecule has 0 fully saturated rings. The van der Waals surface area contributed by atoms with Gasteiger partial charge in [0.15, 0.2) is 0 Å². The van der Waals surface area contributed by atoms with Crippen LogP contribution in [0.1, 0.15) is 65.3 Å². The zero-order chi connectivity index (χ0) is 21.8. The lowest BCUT2D eigenvalue weighted by Crippen LogP contribution is -2.39. The quantitative estimate of drug-likeness (QED) is 0.540. The van der Waals surface area contributed by atoms with Gasteiger partial charge in [-0.1, -0.05) is 51.5 Å². The van der Waals surface area contributed by atoms with Crippen LogP contribution in [-0.2, 0) is 11.2 Å². The van der Waals surface area contributed by atoms with E-state index in [4.69, 9.17) is 4.98 Å². The van der Waals surface area contributed by atoms with Crippen molar-refractivity contribution < 1.29 is 4.79 Å². The lowest BCUT2D eigenvalue weighted by atomic mass is 9.69. The summed E-state index contributed by atoms with van der Waals surface area (Å²) in [6, 6.07) is 6.31. The number of fused-ring (bicyclic) bond motifs is 1. The fraction of sp³-hybridized carbons (Fsp3) is 0.615. The van der Waals surface area contributed by atoms with E-state index in [0.717, 1.165) is 49.1 Å². The third kappa shape index (κ3) is 4.96. The number of carbonyl (C=O) groups is 1. The summed E-state index contributed by atoms with van der Waals surface area (Å²) in [5.74, 6) is 3.52. The zero-order valence-corrected chi connectivity index (χ0v) is 19.6. The van der Waals surface area contributed by atoms with E-state index in [9.17, 15) is 4.79 Å². The first kappa shape index (κ1) is 22.6. The third-order valence-corrected chi connectivity index (χ3v) is 7.16. The van der Waals surface area contributed by atoms with Crippen LogP contribution < -0.4 is 5.32 Å². The van der Waals surface area contributed by atoms with E-state index in [1.54, 1.807) is 0 Å². The van der Waals surface area contributed by atoms with E-state index in [-0.39, 0.29) is 11.8 Å². The highest BCUT2D eigenvalue weighted by Crippen LogP contribution is 2.38. The highest BCUT2D eigenvalue weighted by atomic mass is 16.1. The van der Waals surface area contributed by atoms with Crippen LogP contribution >= 0.6 is 0 Å². The van der Waals surface area contributed by atoms with Crippen molar-refractivity contribution in [3.63, 3.8) is 0 Å². The molecule has 0 saturated heterocycles. The molecule has 3 atom stereocenters. The minimum atomic E-state index is 0.139. The number of hydrogen-bond acceptors (Lipinski definition) is 2.